The number of hydrogen-bond donors (Lipinski definition) is 2. The van der Waals surface area contributed by atoms with Gasteiger partial charge in [-0.3, -0.25) is 0 Å². The normalized spacial score (nSPS) is 19.5. The summed E-state index contributed by atoms with van der Waals surface area (Å²) in [7, 11) is 1.28. The summed E-state index contributed by atoms with van der Waals surface area (Å²) >= 11 is 0. The molecule has 0 bridgehead atoms. The first-order valence-corrected chi connectivity index (χ1v) is 6.89. The van der Waals surface area contributed by atoms with E-state index in [0.717, 1.165) is 12.8 Å². The van der Waals surface area contributed by atoms with Crippen LogP contribution in [-0.2, 0) is 14.3 Å². The van der Waals surface area contributed by atoms with Crippen LogP contribution >= 0.6 is 0 Å². The number of hydrogen-bond acceptors (Lipinski definition) is 4. The van der Waals surface area contributed by atoms with Gasteiger partial charge in [0.2, 0.25) is 0 Å². The number of nitrogens with zero attached hydrogens (tertiary/aromatic N) is 1. The van der Waals surface area contributed by atoms with Gasteiger partial charge in [-0.25, -0.2) is 14.4 Å². The highest BCUT2D eigenvalue weighted by molar-refractivity contribution is 5.87. The molecule has 114 valence electrons. The van der Waals surface area contributed by atoms with Gasteiger partial charge < -0.3 is 20.1 Å². The molecule has 0 spiro atoms. The van der Waals surface area contributed by atoms with Gasteiger partial charge in [0.05, 0.1) is 7.11 Å². The zero-order valence-electron chi connectivity index (χ0n) is 11.9. The Kier molecular flexibility index (Phi) is 6.27. The number of carbonyl (C=O) groups is 3. The molecule has 7 heteroatoms. The number of likely N-dealkylation sites (tertiary alicyclic amines) is 1. The van der Waals surface area contributed by atoms with Gasteiger partial charge in [-0.15, -0.1) is 0 Å². The Balaban J connectivity index is 2.63. The van der Waals surface area contributed by atoms with Crippen molar-refractivity contribution in [1.82, 2.24) is 10.2 Å². The topological polar surface area (TPSA) is 95.9 Å². The van der Waals surface area contributed by atoms with Crippen molar-refractivity contribution in [1.29, 1.82) is 0 Å². The van der Waals surface area contributed by atoms with Gasteiger partial charge in [-0.05, 0) is 19.3 Å². The highest BCUT2D eigenvalue weighted by Gasteiger charge is 2.36. The Labute approximate surface area is 118 Å². The van der Waals surface area contributed by atoms with Crippen molar-refractivity contribution >= 4 is 18.0 Å². The third-order valence-electron chi connectivity index (χ3n) is 3.43. The highest BCUT2D eigenvalue weighted by Crippen LogP contribution is 2.18. The van der Waals surface area contributed by atoms with Crippen molar-refractivity contribution in [2.24, 2.45) is 0 Å². The highest BCUT2D eigenvalue weighted by atomic mass is 16.5. The lowest BCUT2D eigenvalue weighted by atomic mass is 10.1. The number of esters is 1. The minimum Gasteiger partial charge on any atom is -0.480 e. The van der Waals surface area contributed by atoms with E-state index in [2.05, 4.69) is 10.1 Å². The van der Waals surface area contributed by atoms with E-state index in [-0.39, 0.29) is 0 Å². The number of urea groups is 1. The maximum absolute atomic E-state index is 12.1. The van der Waals surface area contributed by atoms with Crippen LogP contribution in [0.1, 0.15) is 39.0 Å². The van der Waals surface area contributed by atoms with E-state index in [4.69, 9.17) is 5.11 Å². The Morgan fingerprint density at radius 2 is 2.15 bits per heavy atom. The van der Waals surface area contributed by atoms with E-state index >= 15 is 0 Å². The molecule has 1 aliphatic rings. The first-order valence-electron chi connectivity index (χ1n) is 6.89. The lowest BCUT2D eigenvalue weighted by Gasteiger charge is -2.25. The Morgan fingerprint density at radius 3 is 2.70 bits per heavy atom. The Morgan fingerprint density at radius 1 is 1.45 bits per heavy atom. The molecule has 1 saturated heterocycles. The minimum absolute atomic E-state index is 0.383. The molecule has 2 amide bonds. The molecule has 0 aromatic heterocycles. The summed E-state index contributed by atoms with van der Waals surface area (Å²) in [6.07, 6.45) is 3.22. The molecule has 2 unspecified atom stereocenters. The standard InChI is InChI=1S/C13H22N2O5/c1-3-4-6-9(11(16)17)14-13(19)15-8-5-7-10(15)12(18)20-2/h9-10H,3-8H2,1-2H3,(H,14,19)(H,16,17). The van der Waals surface area contributed by atoms with Gasteiger partial charge in [0.1, 0.15) is 12.1 Å². The second-order valence-corrected chi connectivity index (χ2v) is 4.86. The molecule has 20 heavy (non-hydrogen) atoms. The van der Waals surface area contributed by atoms with Crippen molar-refractivity contribution in [3.8, 4) is 0 Å². The fourth-order valence-corrected chi connectivity index (χ4v) is 2.29. The summed E-state index contributed by atoms with van der Waals surface area (Å²) in [4.78, 5) is 36.1. The minimum atomic E-state index is -1.05. The number of aliphatic carboxylic acids is 1. The lowest BCUT2D eigenvalue weighted by molar-refractivity contribution is -0.144. The van der Waals surface area contributed by atoms with Gasteiger partial charge in [0.25, 0.3) is 0 Å². The SMILES string of the molecule is CCCCC(NC(=O)N1CCCC1C(=O)OC)C(=O)O. The number of ether oxygens (including phenoxy) is 1. The van der Waals surface area contributed by atoms with Crippen LogP contribution in [0.5, 0.6) is 0 Å². The molecule has 1 rings (SSSR count). The van der Waals surface area contributed by atoms with Gasteiger partial charge in [-0.1, -0.05) is 19.8 Å². The zero-order chi connectivity index (χ0) is 15.1. The molecule has 1 aliphatic heterocycles. The third-order valence-corrected chi connectivity index (χ3v) is 3.43. The molecular formula is C13H22N2O5. The van der Waals surface area contributed by atoms with E-state index in [1.165, 1.54) is 12.0 Å². The Hall–Kier alpha value is -1.79. The van der Waals surface area contributed by atoms with Crippen molar-refractivity contribution in [2.75, 3.05) is 13.7 Å². The summed E-state index contributed by atoms with van der Waals surface area (Å²) < 4.78 is 4.65. The number of nitrogens with one attached hydrogen (secondary N) is 1. The van der Waals surface area contributed by atoms with Crippen LogP contribution in [0, 0.1) is 0 Å². The molecular weight excluding hydrogens is 264 g/mol. The summed E-state index contributed by atoms with van der Waals surface area (Å²) in [6, 6.07) is -2.04. The number of carboxylic acid groups (broad SMARTS) is 1. The molecule has 2 atom stereocenters. The summed E-state index contributed by atoms with van der Waals surface area (Å²) in [6.45, 7) is 2.39. The number of amides is 2. The monoisotopic (exact) mass is 286 g/mol. The average Bonchev–Trinajstić information content (AvgIpc) is 2.91. The number of methoxy groups -OCH3 is 1. The van der Waals surface area contributed by atoms with Crippen LogP contribution in [0.15, 0.2) is 0 Å². The van der Waals surface area contributed by atoms with Crippen LogP contribution in [0.2, 0.25) is 0 Å². The fourth-order valence-electron chi connectivity index (χ4n) is 2.29. The van der Waals surface area contributed by atoms with Gasteiger partial charge in [0, 0.05) is 6.54 Å². The molecule has 7 nitrogen and oxygen atoms in total. The van der Waals surface area contributed by atoms with Crippen LogP contribution in [0.3, 0.4) is 0 Å². The fraction of sp³-hybridized carbons (Fsp3) is 0.769. The zero-order valence-corrected chi connectivity index (χ0v) is 11.9. The maximum Gasteiger partial charge on any atom is 0.328 e. The van der Waals surface area contributed by atoms with Crippen LogP contribution in [-0.4, -0.2) is 53.7 Å². The Bertz CT molecular complexity index is 372. The van der Waals surface area contributed by atoms with E-state index in [0.29, 0.717) is 25.8 Å². The molecule has 0 aromatic carbocycles. The second kappa shape index (κ2) is 7.72. The van der Waals surface area contributed by atoms with Gasteiger partial charge >= 0.3 is 18.0 Å². The second-order valence-electron chi connectivity index (χ2n) is 4.86. The molecule has 0 radical (unpaired) electrons. The largest absolute Gasteiger partial charge is 0.480 e. The molecule has 0 aliphatic carbocycles. The molecule has 0 aromatic rings. The quantitative estimate of drug-likeness (QED) is 0.709. The molecule has 1 fully saturated rings. The predicted octanol–water partition coefficient (Wildman–Crippen LogP) is 0.977. The van der Waals surface area contributed by atoms with Crippen molar-refractivity contribution in [3.05, 3.63) is 0 Å². The average molecular weight is 286 g/mol. The third kappa shape index (κ3) is 4.11. The molecule has 2 N–H and O–H groups in total. The number of unbranched alkanes of at least 4 members (excludes halogenated alkanes) is 1. The van der Waals surface area contributed by atoms with Crippen LogP contribution in [0.25, 0.3) is 0 Å². The predicted molar refractivity (Wildman–Crippen MR) is 71.2 cm³/mol. The summed E-state index contributed by atoms with van der Waals surface area (Å²) in [5.74, 6) is -1.52. The summed E-state index contributed by atoms with van der Waals surface area (Å²) in [5, 5.41) is 11.6. The van der Waals surface area contributed by atoms with Crippen LogP contribution < -0.4 is 5.32 Å². The van der Waals surface area contributed by atoms with Gasteiger partial charge in [0.15, 0.2) is 0 Å². The lowest BCUT2D eigenvalue weighted by Crippen LogP contribution is -2.51. The number of carbonyl (C=O) groups excluding carboxylic acids is 2. The molecule has 0 saturated carbocycles. The molecule has 1 heterocycles. The van der Waals surface area contributed by atoms with E-state index in [1.807, 2.05) is 6.92 Å². The smallest absolute Gasteiger partial charge is 0.328 e. The van der Waals surface area contributed by atoms with Crippen molar-refractivity contribution < 1.29 is 24.2 Å². The van der Waals surface area contributed by atoms with Crippen molar-refractivity contribution in [2.45, 2.75) is 51.1 Å². The number of rotatable bonds is 6. The van der Waals surface area contributed by atoms with Gasteiger partial charge in [-0.2, -0.15) is 0 Å². The number of carboxylic acids is 1. The first kappa shape index (κ1) is 16.3. The van der Waals surface area contributed by atoms with Crippen molar-refractivity contribution in [3.63, 3.8) is 0 Å². The van der Waals surface area contributed by atoms with E-state index < -0.39 is 30.1 Å². The van der Waals surface area contributed by atoms with E-state index in [1.54, 1.807) is 0 Å². The maximum atomic E-state index is 12.1. The van der Waals surface area contributed by atoms with E-state index in [9.17, 15) is 14.4 Å². The van der Waals surface area contributed by atoms with Crippen LogP contribution in [0.4, 0.5) is 4.79 Å². The first-order chi connectivity index (χ1) is 9.51. The summed E-state index contributed by atoms with van der Waals surface area (Å²) in [5.41, 5.74) is 0.